The summed E-state index contributed by atoms with van der Waals surface area (Å²) >= 11 is 1.52. The molecule has 1 saturated heterocycles. The Kier molecular flexibility index (Phi) is 5.12. The summed E-state index contributed by atoms with van der Waals surface area (Å²) in [5, 5.41) is 12.0. The summed E-state index contributed by atoms with van der Waals surface area (Å²) < 4.78 is 0. The van der Waals surface area contributed by atoms with Crippen molar-refractivity contribution in [3.05, 3.63) is 29.8 Å². The fourth-order valence-electron chi connectivity index (χ4n) is 2.35. The van der Waals surface area contributed by atoms with Crippen molar-refractivity contribution in [2.24, 2.45) is 0 Å². The second kappa shape index (κ2) is 6.85. The van der Waals surface area contributed by atoms with Crippen molar-refractivity contribution in [2.45, 2.75) is 38.1 Å². The van der Waals surface area contributed by atoms with E-state index in [0.717, 1.165) is 12.8 Å². The Bertz CT molecular complexity index is 518. The molecule has 114 valence electrons. The van der Waals surface area contributed by atoms with Gasteiger partial charge in [0.2, 0.25) is 0 Å². The largest absolute Gasteiger partial charge is 0.480 e. The Morgan fingerprint density at radius 1 is 1.33 bits per heavy atom. The highest BCUT2D eigenvalue weighted by Crippen LogP contribution is 2.31. The van der Waals surface area contributed by atoms with Crippen LogP contribution in [0.3, 0.4) is 0 Å². The molecule has 0 aliphatic carbocycles. The van der Waals surface area contributed by atoms with Crippen molar-refractivity contribution in [1.29, 1.82) is 0 Å². The highest BCUT2D eigenvalue weighted by molar-refractivity contribution is 8.00. The van der Waals surface area contributed by atoms with Crippen LogP contribution in [-0.2, 0) is 11.2 Å². The van der Waals surface area contributed by atoms with Crippen LogP contribution < -0.4 is 5.32 Å². The number of benzene rings is 1. The van der Waals surface area contributed by atoms with Crippen molar-refractivity contribution in [1.82, 2.24) is 4.90 Å². The number of carbonyl (C=O) groups excluding carboxylic acids is 1. The fourth-order valence-corrected chi connectivity index (χ4v) is 3.70. The molecule has 2 amide bonds. The number of urea groups is 1. The van der Waals surface area contributed by atoms with Crippen molar-refractivity contribution in [3.8, 4) is 0 Å². The van der Waals surface area contributed by atoms with Crippen molar-refractivity contribution in [2.75, 3.05) is 11.1 Å². The lowest BCUT2D eigenvalue weighted by Crippen LogP contribution is -2.47. The van der Waals surface area contributed by atoms with Gasteiger partial charge in [0.25, 0.3) is 0 Å². The first-order valence-electron chi connectivity index (χ1n) is 7.09. The lowest BCUT2D eigenvalue weighted by molar-refractivity contribution is -0.141. The topological polar surface area (TPSA) is 69.6 Å². The number of hydrogen-bond acceptors (Lipinski definition) is 3. The molecule has 0 bridgehead atoms. The number of carbonyl (C=O) groups is 2. The summed E-state index contributed by atoms with van der Waals surface area (Å²) in [6.07, 6.45) is 1.67. The molecule has 2 atom stereocenters. The Morgan fingerprint density at radius 3 is 2.52 bits per heavy atom. The van der Waals surface area contributed by atoms with Gasteiger partial charge in [0.05, 0.1) is 5.37 Å². The minimum atomic E-state index is -0.949. The average molecular weight is 308 g/mol. The Hall–Kier alpha value is -1.69. The summed E-state index contributed by atoms with van der Waals surface area (Å²) in [4.78, 5) is 25.1. The van der Waals surface area contributed by atoms with Crippen molar-refractivity contribution >= 4 is 29.4 Å². The summed E-state index contributed by atoms with van der Waals surface area (Å²) in [6.45, 7) is 4.02. The van der Waals surface area contributed by atoms with Crippen molar-refractivity contribution < 1.29 is 14.7 Å². The first kappa shape index (κ1) is 15.7. The standard InChI is InChI=1S/C15H20N2O3S/c1-3-10-5-7-11(8-6-10)16-15(20)17-12(14(18)19)9-21-13(17)4-2/h5-8,12-13H,3-4,9H2,1-2H3,(H,16,20)(H,18,19). The van der Waals surface area contributed by atoms with Crippen LogP contribution in [0.1, 0.15) is 25.8 Å². The summed E-state index contributed by atoms with van der Waals surface area (Å²) in [5.74, 6) is -0.509. The molecule has 2 rings (SSSR count). The third-order valence-electron chi connectivity index (χ3n) is 3.57. The van der Waals surface area contributed by atoms with Crippen LogP contribution in [0.4, 0.5) is 10.5 Å². The molecule has 1 aliphatic rings. The molecule has 5 nitrogen and oxygen atoms in total. The van der Waals surface area contributed by atoms with Crippen molar-refractivity contribution in [3.63, 3.8) is 0 Å². The van der Waals surface area contributed by atoms with Crippen LogP contribution >= 0.6 is 11.8 Å². The average Bonchev–Trinajstić information content (AvgIpc) is 2.92. The maximum absolute atomic E-state index is 12.4. The van der Waals surface area contributed by atoms with E-state index in [1.807, 2.05) is 31.2 Å². The first-order valence-corrected chi connectivity index (χ1v) is 8.14. The van der Waals surface area contributed by atoms with Crippen LogP contribution in [0.2, 0.25) is 0 Å². The van der Waals surface area contributed by atoms with Gasteiger partial charge >= 0.3 is 12.0 Å². The van der Waals surface area contributed by atoms with Gasteiger partial charge < -0.3 is 10.4 Å². The van der Waals surface area contributed by atoms with Gasteiger partial charge in [-0.25, -0.2) is 9.59 Å². The Labute approximate surface area is 128 Å². The van der Waals surface area contributed by atoms with E-state index in [1.54, 1.807) is 0 Å². The number of carboxylic acid groups (broad SMARTS) is 1. The van der Waals surface area contributed by atoms with Gasteiger partial charge in [-0.2, -0.15) is 0 Å². The number of aryl methyl sites for hydroxylation is 1. The fraction of sp³-hybridized carbons (Fsp3) is 0.467. The second-order valence-corrected chi connectivity index (χ2v) is 6.15. The number of hydrogen-bond donors (Lipinski definition) is 2. The number of amides is 2. The van der Waals surface area contributed by atoms with E-state index in [0.29, 0.717) is 11.4 Å². The Balaban J connectivity index is 2.10. The number of nitrogens with zero attached hydrogens (tertiary/aromatic N) is 1. The van der Waals surface area contributed by atoms with E-state index >= 15 is 0 Å². The van der Waals surface area contributed by atoms with Crippen LogP contribution in [0.25, 0.3) is 0 Å². The summed E-state index contributed by atoms with van der Waals surface area (Å²) in [7, 11) is 0. The number of aliphatic carboxylic acids is 1. The van der Waals surface area contributed by atoms with Gasteiger partial charge in [-0.05, 0) is 30.5 Å². The molecule has 1 heterocycles. The highest BCUT2D eigenvalue weighted by Gasteiger charge is 2.40. The van der Waals surface area contributed by atoms with Crippen LogP contribution in [-0.4, -0.2) is 39.2 Å². The number of thioether (sulfide) groups is 1. The maximum atomic E-state index is 12.4. The van der Waals surface area contributed by atoms with Crippen LogP contribution in [0.5, 0.6) is 0 Å². The van der Waals surface area contributed by atoms with Crippen LogP contribution in [0, 0.1) is 0 Å². The van der Waals surface area contributed by atoms with Gasteiger partial charge in [-0.1, -0.05) is 26.0 Å². The molecule has 0 spiro atoms. The van der Waals surface area contributed by atoms with E-state index in [-0.39, 0.29) is 11.4 Å². The predicted octanol–water partition coefficient (Wildman–Crippen LogP) is 3.02. The highest BCUT2D eigenvalue weighted by atomic mass is 32.2. The number of anilines is 1. The normalized spacial score (nSPS) is 21.3. The van der Waals surface area contributed by atoms with Gasteiger partial charge in [0.1, 0.15) is 6.04 Å². The molecule has 1 aromatic rings. The molecule has 21 heavy (non-hydrogen) atoms. The molecule has 1 fully saturated rings. The van der Waals surface area contributed by atoms with E-state index in [1.165, 1.54) is 22.2 Å². The van der Waals surface area contributed by atoms with Gasteiger partial charge in [-0.15, -0.1) is 11.8 Å². The summed E-state index contributed by atoms with van der Waals surface area (Å²) in [5.41, 5.74) is 1.88. The molecule has 1 aliphatic heterocycles. The third-order valence-corrected chi connectivity index (χ3v) is 5.03. The van der Waals surface area contributed by atoms with Crippen LogP contribution in [0.15, 0.2) is 24.3 Å². The number of rotatable bonds is 4. The minimum absolute atomic E-state index is 0.0824. The zero-order chi connectivity index (χ0) is 15.4. The molecule has 0 saturated carbocycles. The molecule has 2 N–H and O–H groups in total. The zero-order valence-corrected chi connectivity index (χ0v) is 13.0. The molecular weight excluding hydrogens is 288 g/mol. The molecule has 6 heteroatoms. The lowest BCUT2D eigenvalue weighted by Gasteiger charge is -2.26. The van der Waals surface area contributed by atoms with E-state index < -0.39 is 12.0 Å². The number of carboxylic acids is 1. The lowest BCUT2D eigenvalue weighted by atomic mass is 10.1. The SMILES string of the molecule is CCc1ccc(NC(=O)N2C(CC)SCC2C(=O)O)cc1. The van der Waals surface area contributed by atoms with Gasteiger partial charge in [0.15, 0.2) is 0 Å². The van der Waals surface area contributed by atoms with E-state index in [2.05, 4.69) is 12.2 Å². The van der Waals surface area contributed by atoms with E-state index in [4.69, 9.17) is 0 Å². The molecule has 1 aromatic carbocycles. The monoisotopic (exact) mass is 308 g/mol. The molecule has 0 aromatic heterocycles. The van der Waals surface area contributed by atoms with Gasteiger partial charge in [-0.3, -0.25) is 4.90 Å². The zero-order valence-electron chi connectivity index (χ0n) is 12.2. The smallest absolute Gasteiger partial charge is 0.327 e. The Morgan fingerprint density at radius 2 is 2.00 bits per heavy atom. The summed E-state index contributed by atoms with van der Waals surface area (Å²) in [6, 6.07) is 6.51. The molecule has 0 radical (unpaired) electrons. The molecular formula is C15H20N2O3S. The minimum Gasteiger partial charge on any atom is -0.480 e. The first-order chi connectivity index (χ1) is 10.1. The maximum Gasteiger partial charge on any atom is 0.327 e. The second-order valence-electron chi connectivity index (χ2n) is 4.94. The molecule has 2 unspecified atom stereocenters. The van der Waals surface area contributed by atoms with Gasteiger partial charge in [0, 0.05) is 11.4 Å². The van der Waals surface area contributed by atoms with E-state index in [9.17, 15) is 14.7 Å². The predicted molar refractivity (Wildman–Crippen MR) is 84.6 cm³/mol. The third kappa shape index (κ3) is 3.50. The number of nitrogens with one attached hydrogen (secondary N) is 1. The quantitative estimate of drug-likeness (QED) is 0.897.